The molecule has 0 bridgehead atoms. The van der Waals surface area contributed by atoms with E-state index in [9.17, 15) is 13.2 Å². The quantitative estimate of drug-likeness (QED) is 0.491. The van der Waals surface area contributed by atoms with E-state index >= 15 is 0 Å². The normalized spacial score (nSPS) is 16.1. The van der Waals surface area contributed by atoms with Crippen LogP contribution in [0.3, 0.4) is 0 Å². The van der Waals surface area contributed by atoms with E-state index in [1.54, 1.807) is 42.5 Å². The van der Waals surface area contributed by atoms with Crippen molar-refractivity contribution in [2.75, 3.05) is 10.6 Å². The number of sulfonamides is 1. The maximum absolute atomic E-state index is 12.5. The number of rotatable bonds is 4. The highest BCUT2D eigenvalue weighted by Crippen LogP contribution is 2.35. The first-order valence-corrected chi connectivity index (χ1v) is 10.4. The Morgan fingerprint density at radius 3 is 2.61 bits per heavy atom. The second kappa shape index (κ2) is 6.75. The average Bonchev–Trinajstić information content (AvgIpc) is 3.27. The van der Waals surface area contributed by atoms with Gasteiger partial charge in [-0.05, 0) is 61.4 Å². The van der Waals surface area contributed by atoms with E-state index in [2.05, 4.69) is 10.2 Å². The van der Waals surface area contributed by atoms with Crippen molar-refractivity contribution in [1.29, 1.82) is 0 Å². The zero-order chi connectivity index (χ0) is 19.9. The van der Waals surface area contributed by atoms with Crippen molar-refractivity contribution >= 4 is 21.7 Å². The smallest absolute Gasteiger partial charge is 0.343 e. The predicted octanol–water partition coefficient (Wildman–Crippen LogP) is 2.67. The maximum atomic E-state index is 12.5. The second-order valence-electron chi connectivity index (χ2n) is 6.61. The van der Waals surface area contributed by atoms with Crippen LogP contribution in [0.1, 0.15) is 22.8 Å². The van der Waals surface area contributed by atoms with Crippen LogP contribution in [0, 0.1) is 0 Å². The molecule has 2 heterocycles. The van der Waals surface area contributed by atoms with Crippen LogP contribution in [-0.2, 0) is 16.4 Å². The highest BCUT2D eigenvalue weighted by atomic mass is 32.2. The Labute approximate surface area is 161 Å². The molecule has 1 atom stereocenters. The lowest BCUT2D eigenvalue weighted by atomic mass is 10.1. The summed E-state index contributed by atoms with van der Waals surface area (Å²) in [6, 6.07) is 11.4. The summed E-state index contributed by atoms with van der Waals surface area (Å²) in [7, 11) is -3.37. The van der Waals surface area contributed by atoms with Crippen molar-refractivity contribution in [2.45, 2.75) is 19.4 Å². The number of nitrogens with zero attached hydrogens (tertiary/aromatic N) is 3. The van der Waals surface area contributed by atoms with Crippen molar-refractivity contribution in [3.63, 3.8) is 0 Å². The van der Waals surface area contributed by atoms with Gasteiger partial charge in [0.1, 0.15) is 5.75 Å². The van der Waals surface area contributed by atoms with E-state index in [0.29, 0.717) is 34.9 Å². The first-order chi connectivity index (χ1) is 13.3. The van der Waals surface area contributed by atoms with E-state index in [1.165, 1.54) is 17.0 Å². The van der Waals surface area contributed by atoms with Crippen molar-refractivity contribution in [1.82, 2.24) is 10.2 Å². The molecule has 0 aliphatic carbocycles. The first kappa shape index (κ1) is 18.2. The SMILES string of the molecule is CC1Cc2cc(C(=O)Oc3ccc(-c4nnco4)cc3)ccc2N1S(C)(=O)=O. The Morgan fingerprint density at radius 1 is 1.21 bits per heavy atom. The van der Waals surface area contributed by atoms with Gasteiger partial charge < -0.3 is 9.15 Å². The number of aromatic nitrogens is 2. The van der Waals surface area contributed by atoms with Gasteiger partial charge in [0.2, 0.25) is 22.3 Å². The number of carbonyl (C=O) groups excluding carboxylic acids is 1. The third-order valence-corrected chi connectivity index (χ3v) is 5.77. The van der Waals surface area contributed by atoms with Gasteiger partial charge in [0.15, 0.2) is 0 Å². The highest BCUT2D eigenvalue weighted by Gasteiger charge is 2.32. The third-order valence-electron chi connectivity index (χ3n) is 4.50. The number of fused-ring (bicyclic) bond motifs is 1. The zero-order valence-electron chi connectivity index (χ0n) is 15.2. The van der Waals surface area contributed by atoms with Gasteiger partial charge in [0.05, 0.1) is 17.5 Å². The summed E-state index contributed by atoms with van der Waals surface area (Å²) in [4.78, 5) is 12.5. The number of benzene rings is 2. The molecule has 1 aliphatic rings. The second-order valence-corrected chi connectivity index (χ2v) is 8.47. The van der Waals surface area contributed by atoms with E-state index in [4.69, 9.17) is 9.15 Å². The lowest BCUT2D eigenvalue weighted by molar-refractivity contribution is 0.0734. The molecule has 0 fully saturated rings. The number of hydrogen-bond acceptors (Lipinski definition) is 7. The van der Waals surface area contributed by atoms with Crippen LogP contribution in [0.2, 0.25) is 0 Å². The molecule has 3 aromatic rings. The molecule has 1 unspecified atom stereocenters. The summed E-state index contributed by atoms with van der Waals surface area (Å²) >= 11 is 0. The molecule has 0 saturated carbocycles. The number of ether oxygens (including phenoxy) is 1. The summed E-state index contributed by atoms with van der Waals surface area (Å²) in [5.74, 6) is 0.236. The predicted molar refractivity (Wildman–Crippen MR) is 102 cm³/mol. The molecule has 2 aromatic carbocycles. The molecule has 1 aromatic heterocycles. The van der Waals surface area contributed by atoms with Gasteiger partial charge in [-0.2, -0.15) is 0 Å². The van der Waals surface area contributed by atoms with Crippen molar-refractivity contribution in [3.05, 3.63) is 60.0 Å². The summed E-state index contributed by atoms with van der Waals surface area (Å²) < 4.78 is 35.9. The maximum Gasteiger partial charge on any atom is 0.343 e. The highest BCUT2D eigenvalue weighted by molar-refractivity contribution is 7.92. The number of esters is 1. The van der Waals surface area contributed by atoms with Crippen LogP contribution in [-0.4, -0.2) is 36.9 Å². The van der Waals surface area contributed by atoms with E-state index in [1.807, 2.05) is 6.92 Å². The molecule has 8 nitrogen and oxygen atoms in total. The lowest BCUT2D eigenvalue weighted by Gasteiger charge is -2.21. The van der Waals surface area contributed by atoms with Gasteiger partial charge in [-0.1, -0.05) is 0 Å². The molecule has 0 N–H and O–H groups in total. The average molecular weight is 399 g/mol. The molecule has 0 amide bonds. The van der Waals surface area contributed by atoms with Crippen LogP contribution < -0.4 is 9.04 Å². The fourth-order valence-corrected chi connectivity index (χ4v) is 4.63. The van der Waals surface area contributed by atoms with Gasteiger partial charge in [0.25, 0.3) is 0 Å². The van der Waals surface area contributed by atoms with Crippen molar-refractivity contribution in [2.24, 2.45) is 0 Å². The number of anilines is 1. The molecule has 144 valence electrons. The molecule has 0 radical (unpaired) electrons. The Morgan fingerprint density at radius 2 is 1.96 bits per heavy atom. The van der Waals surface area contributed by atoms with Gasteiger partial charge in [-0.3, -0.25) is 4.31 Å². The molecule has 0 saturated heterocycles. The molecular formula is C19H17N3O5S. The number of carbonyl (C=O) groups is 1. The Balaban J connectivity index is 1.53. The Kier molecular flexibility index (Phi) is 4.38. The molecule has 9 heteroatoms. The lowest BCUT2D eigenvalue weighted by Crippen LogP contribution is -2.34. The Bertz CT molecular complexity index is 1120. The van der Waals surface area contributed by atoms with Crippen LogP contribution in [0.5, 0.6) is 5.75 Å². The standard InChI is InChI=1S/C19H17N3O5S/c1-12-9-15-10-14(5-8-17(15)22(12)28(2,24)25)19(23)27-16-6-3-13(4-7-16)18-21-20-11-26-18/h3-8,10-12H,9H2,1-2H3. The van der Waals surface area contributed by atoms with Crippen LogP contribution in [0.15, 0.2) is 53.3 Å². The fourth-order valence-electron chi connectivity index (χ4n) is 3.37. The third kappa shape index (κ3) is 3.36. The monoisotopic (exact) mass is 399 g/mol. The molecule has 0 spiro atoms. The van der Waals surface area contributed by atoms with Gasteiger partial charge in [0, 0.05) is 11.6 Å². The van der Waals surface area contributed by atoms with Crippen molar-refractivity contribution < 1.29 is 22.4 Å². The fraction of sp³-hybridized carbons (Fsp3) is 0.211. The summed E-state index contributed by atoms with van der Waals surface area (Å²) in [6.07, 6.45) is 2.96. The summed E-state index contributed by atoms with van der Waals surface area (Å²) in [6.45, 7) is 1.84. The zero-order valence-corrected chi connectivity index (χ0v) is 16.0. The molecule has 28 heavy (non-hydrogen) atoms. The van der Waals surface area contributed by atoms with E-state index in [0.717, 1.165) is 5.56 Å². The minimum atomic E-state index is -3.37. The van der Waals surface area contributed by atoms with E-state index in [-0.39, 0.29) is 6.04 Å². The Hall–Kier alpha value is -3.20. The minimum absolute atomic E-state index is 0.187. The summed E-state index contributed by atoms with van der Waals surface area (Å²) in [5.41, 5.74) is 2.49. The van der Waals surface area contributed by atoms with Crippen LogP contribution >= 0.6 is 0 Å². The van der Waals surface area contributed by atoms with E-state index < -0.39 is 16.0 Å². The van der Waals surface area contributed by atoms with Crippen molar-refractivity contribution in [3.8, 4) is 17.2 Å². The summed E-state index contributed by atoms with van der Waals surface area (Å²) in [5, 5.41) is 7.44. The van der Waals surface area contributed by atoms with Crippen LogP contribution in [0.25, 0.3) is 11.5 Å². The molecular weight excluding hydrogens is 382 g/mol. The number of hydrogen-bond donors (Lipinski definition) is 0. The first-order valence-electron chi connectivity index (χ1n) is 8.54. The largest absolute Gasteiger partial charge is 0.423 e. The van der Waals surface area contributed by atoms with Gasteiger partial charge >= 0.3 is 5.97 Å². The van der Waals surface area contributed by atoms with Gasteiger partial charge in [-0.25, -0.2) is 13.2 Å². The van der Waals surface area contributed by atoms with Crippen LogP contribution in [0.4, 0.5) is 5.69 Å². The topological polar surface area (TPSA) is 103 Å². The van der Waals surface area contributed by atoms with Gasteiger partial charge in [-0.15, -0.1) is 10.2 Å². The molecule has 4 rings (SSSR count). The molecule has 1 aliphatic heterocycles. The minimum Gasteiger partial charge on any atom is -0.423 e.